The van der Waals surface area contributed by atoms with Crippen molar-refractivity contribution in [1.82, 2.24) is 15.0 Å². The van der Waals surface area contributed by atoms with Crippen LogP contribution in [0.5, 0.6) is 0 Å². The van der Waals surface area contributed by atoms with Crippen LogP contribution in [-0.2, 0) is 6.42 Å². The molecule has 2 aromatic heterocycles. The molecular formula is C18H19N5. The van der Waals surface area contributed by atoms with Crippen LogP contribution in [0.4, 0.5) is 5.82 Å². The van der Waals surface area contributed by atoms with E-state index in [1.165, 1.54) is 5.56 Å². The van der Waals surface area contributed by atoms with E-state index in [1.54, 1.807) is 12.4 Å². The topological polar surface area (TPSA) is 76.7 Å². The number of aromatic nitrogens is 3. The van der Waals surface area contributed by atoms with Crippen molar-refractivity contribution in [3.8, 4) is 11.4 Å². The van der Waals surface area contributed by atoms with Gasteiger partial charge >= 0.3 is 0 Å². The van der Waals surface area contributed by atoms with Crippen LogP contribution in [-0.4, -0.2) is 22.0 Å². The van der Waals surface area contributed by atoms with E-state index in [-0.39, 0.29) is 6.04 Å². The molecule has 3 N–H and O–H groups in total. The molecule has 0 saturated carbocycles. The van der Waals surface area contributed by atoms with Crippen LogP contribution in [0.1, 0.15) is 17.3 Å². The Morgan fingerprint density at radius 1 is 1.09 bits per heavy atom. The number of anilines is 1. The quantitative estimate of drug-likeness (QED) is 0.758. The minimum absolute atomic E-state index is 0.192. The van der Waals surface area contributed by atoms with E-state index in [4.69, 9.17) is 5.73 Å². The third-order valence-electron chi connectivity index (χ3n) is 3.60. The summed E-state index contributed by atoms with van der Waals surface area (Å²) in [5.74, 6) is 1.38. The number of hydrogen-bond donors (Lipinski definition) is 2. The second-order valence-electron chi connectivity index (χ2n) is 5.29. The molecule has 1 aromatic carbocycles. The first-order valence-electron chi connectivity index (χ1n) is 7.53. The molecule has 2 heterocycles. The molecule has 0 saturated heterocycles. The molecule has 0 unspecified atom stereocenters. The van der Waals surface area contributed by atoms with Gasteiger partial charge in [-0.15, -0.1) is 0 Å². The summed E-state index contributed by atoms with van der Waals surface area (Å²) in [6, 6.07) is 15.7. The lowest BCUT2D eigenvalue weighted by Crippen LogP contribution is -2.16. The van der Waals surface area contributed by atoms with Crippen LogP contribution in [0.15, 0.2) is 60.9 Å². The van der Waals surface area contributed by atoms with E-state index >= 15 is 0 Å². The second-order valence-corrected chi connectivity index (χ2v) is 5.29. The molecule has 0 radical (unpaired) electrons. The summed E-state index contributed by atoms with van der Waals surface area (Å²) >= 11 is 0. The summed E-state index contributed by atoms with van der Waals surface area (Å²) in [5.41, 5.74) is 9.24. The molecule has 0 aliphatic heterocycles. The zero-order valence-corrected chi connectivity index (χ0v) is 13.0. The Kier molecular flexibility index (Phi) is 4.59. The first kappa shape index (κ1) is 15.1. The van der Waals surface area contributed by atoms with Crippen molar-refractivity contribution in [3.05, 3.63) is 72.2 Å². The molecule has 3 aromatic rings. The van der Waals surface area contributed by atoms with Gasteiger partial charge in [-0.05, 0) is 24.1 Å². The van der Waals surface area contributed by atoms with Gasteiger partial charge in [0.05, 0.1) is 11.7 Å². The molecule has 0 amide bonds. The van der Waals surface area contributed by atoms with E-state index in [0.717, 1.165) is 23.5 Å². The highest BCUT2D eigenvalue weighted by atomic mass is 15.0. The Morgan fingerprint density at radius 3 is 2.61 bits per heavy atom. The number of nitrogens with two attached hydrogens (primary N) is 1. The summed E-state index contributed by atoms with van der Waals surface area (Å²) in [4.78, 5) is 13.3. The Balaban J connectivity index is 1.92. The van der Waals surface area contributed by atoms with E-state index in [1.807, 2.05) is 43.4 Å². The molecule has 0 bridgehead atoms. The molecular weight excluding hydrogens is 286 g/mol. The third-order valence-corrected chi connectivity index (χ3v) is 3.60. The molecule has 0 spiro atoms. The number of nitrogens with one attached hydrogen (secondary N) is 1. The maximum absolute atomic E-state index is 6.36. The molecule has 5 nitrogen and oxygen atoms in total. The first-order valence-corrected chi connectivity index (χ1v) is 7.53. The fraction of sp³-hybridized carbons (Fsp3) is 0.167. The molecule has 0 fully saturated rings. The highest BCUT2D eigenvalue weighted by Gasteiger charge is 2.13. The van der Waals surface area contributed by atoms with Gasteiger partial charge in [0.1, 0.15) is 5.82 Å². The minimum Gasteiger partial charge on any atom is -0.373 e. The maximum Gasteiger partial charge on any atom is 0.163 e. The van der Waals surface area contributed by atoms with Gasteiger partial charge in [-0.2, -0.15) is 0 Å². The maximum atomic E-state index is 6.36. The summed E-state index contributed by atoms with van der Waals surface area (Å²) < 4.78 is 0. The van der Waals surface area contributed by atoms with E-state index in [0.29, 0.717) is 5.82 Å². The van der Waals surface area contributed by atoms with Crippen LogP contribution in [0.2, 0.25) is 0 Å². The van der Waals surface area contributed by atoms with Crippen molar-refractivity contribution in [1.29, 1.82) is 0 Å². The predicted octanol–water partition coefficient (Wildman–Crippen LogP) is 2.82. The smallest absolute Gasteiger partial charge is 0.163 e. The van der Waals surface area contributed by atoms with Crippen molar-refractivity contribution < 1.29 is 0 Å². The van der Waals surface area contributed by atoms with Crippen LogP contribution < -0.4 is 11.1 Å². The van der Waals surface area contributed by atoms with Crippen LogP contribution in [0.25, 0.3) is 11.4 Å². The van der Waals surface area contributed by atoms with Crippen LogP contribution in [0, 0.1) is 0 Å². The average Bonchev–Trinajstić information content (AvgIpc) is 2.63. The second kappa shape index (κ2) is 6.98. The van der Waals surface area contributed by atoms with E-state index < -0.39 is 0 Å². The van der Waals surface area contributed by atoms with E-state index in [2.05, 4.69) is 32.4 Å². The fourth-order valence-electron chi connectivity index (χ4n) is 2.38. The van der Waals surface area contributed by atoms with Crippen LogP contribution in [0.3, 0.4) is 0 Å². The van der Waals surface area contributed by atoms with Gasteiger partial charge in [0.25, 0.3) is 0 Å². The monoisotopic (exact) mass is 305 g/mol. The van der Waals surface area contributed by atoms with Gasteiger partial charge in [0.15, 0.2) is 5.82 Å². The van der Waals surface area contributed by atoms with E-state index in [9.17, 15) is 0 Å². The zero-order valence-electron chi connectivity index (χ0n) is 13.0. The molecule has 5 heteroatoms. The van der Waals surface area contributed by atoms with Gasteiger partial charge < -0.3 is 11.1 Å². The lowest BCUT2D eigenvalue weighted by Gasteiger charge is -2.14. The Bertz CT molecular complexity index is 759. The lowest BCUT2D eigenvalue weighted by atomic mass is 10.0. The number of hydrogen-bond acceptors (Lipinski definition) is 5. The van der Waals surface area contributed by atoms with Gasteiger partial charge in [0, 0.05) is 31.1 Å². The largest absolute Gasteiger partial charge is 0.373 e. The highest BCUT2D eigenvalue weighted by molar-refractivity contribution is 5.56. The Labute approximate surface area is 135 Å². The first-order chi connectivity index (χ1) is 11.3. The molecule has 1 atom stereocenters. The molecule has 116 valence electrons. The molecule has 0 aliphatic carbocycles. The van der Waals surface area contributed by atoms with Gasteiger partial charge in [0.2, 0.25) is 0 Å². The van der Waals surface area contributed by atoms with Crippen molar-refractivity contribution in [2.75, 3.05) is 12.4 Å². The summed E-state index contributed by atoms with van der Waals surface area (Å²) in [5, 5.41) is 3.07. The highest BCUT2D eigenvalue weighted by Crippen LogP contribution is 2.21. The van der Waals surface area contributed by atoms with Gasteiger partial charge in [-0.3, -0.25) is 4.98 Å². The summed E-state index contributed by atoms with van der Waals surface area (Å²) in [7, 11) is 1.84. The normalized spacial score (nSPS) is 11.9. The number of pyridine rings is 1. The zero-order chi connectivity index (χ0) is 16.1. The van der Waals surface area contributed by atoms with Gasteiger partial charge in [-0.1, -0.05) is 30.3 Å². The van der Waals surface area contributed by atoms with Crippen LogP contribution >= 0.6 is 0 Å². The standard InChI is InChI=1S/C18H19N5/c1-20-17-11-16(15(19)10-13-6-3-2-4-7-13)22-18(23-17)14-8-5-9-21-12-14/h2-9,11-12,15H,10,19H2,1H3,(H,20,22,23)/t15-/m0/s1. The molecule has 3 rings (SSSR count). The van der Waals surface area contributed by atoms with Crippen molar-refractivity contribution >= 4 is 5.82 Å². The average molecular weight is 305 g/mol. The molecule has 0 aliphatic rings. The SMILES string of the molecule is CNc1cc([C@@H](N)Cc2ccccc2)nc(-c2cccnc2)n1. The Morgan fingerprint density at radius 2 is 1.91 bits per heavy atom. The minimum atomic E-state index is -0.192. The lowest BCUT2D eigenvalue weighted by molar-refractivity contribution is 0.695. The third kappa shape index (κ3) is 3.70. The van der Waals surface area contributed by atoms with Gasteiger partial charge in [-0.25, -0.2) is 9.97 Å². The van der Waals surface area contributed by atoms with Crippen molar-refractivity contribution in [2.24, 2.45) is 5.73 Å². The summed E-state index contributed by atoms with van der Waals surface area (Å²) in [6.07, 6.45) is 4.21. The summed E-state index contributed by atoms with van der Waals surface area (Å²) in [6.45, 7) is 0. The number of rotatable bonds is 5. The van der Waals surface area contributed by atoms with Crippen molar-refractivity contribution in [3.63, 3.8) is 0 Å². The Hall–Kier alpha value is -2.79. The van der Waals surface area contributed by atoms with Crippen molar-refractivity contribution in [2.45, 2.75) is 12.5 Å². The predicted molar refractivity (Wildman–Crippen MR) is 91.9 cm³/mol. The molecule has 23 heavy (non-hydrogen) atoms. The number of benzene rings is 1. The fourth-order valence-corrected chi connectivity index (χ4v) is 2.38. The number of nitrogens with zero attached hydrogens (tertiary/aromatic N) is 3.